The second-order valence-electron chi connectivity index (χ2n) is 5.90. The van der Waals surface area contributed by atoms with Crippen LogP contribution < -0.4 is 11.0 Å². The summed E-state index contributed by atoms with van der Waals surface area (Å²) >= 11 is 0. The Morgan fingerprint density at radius 1 is 1.07 bits per heavy atom. The topological polar surface area (TPSA) is 94.7 Å². The molecule has 0 saturated heterocycles. The lowest BCUT2D eigenvalue weighted by molar-refractivity contribution is 0.0959. The third kappa shape index (κ3) is 2.67. The van der Waals surface area contributed by atoms with Gasteiger partial charge in [-0.15, -0.1) is 0 Å². The zero-order valence-corrected chi connectivity index (χ0v) is 14.7. The first-order valence-corrected chi connectivity index (χ1v) is 8.29. The number of carbonyl (C=O) groups excluding carboxylic acids is 1. The fraction of sp³-hybridized carbons (Fsp3) is 0.105. The fourth-order valence-corrected chi connectivity index (χ4v) is 2.95. The van der Waals surface area contributed by atoms with Crippen LogP contribution >= 0.6 is 0 Å². The van der Waals surface area contributed by atoms with Crippen LogP contribution in [0, 0.1) is 0 Å². The van der Waals surface area contributed by atoms with E-state index in [1.54, 1.807) is 31.6 Å². The van der Waals surface area contributed by atoms with E-state index in [1.807, 2.05) is 30.3 Å². The van der Waals surface area contributed by atoms with Crippen LogP contribution in [0.4, 0.5) is 0 Å². The molecule has 0 radical (unpaired) electrons. The van der Waals surface area contributed by atoms with E-state index in [4.69, 9.17) is 0 Å². The van der Waals surface area contributed by atoms with Crippen molar-refractivity contribution >= 4 is 17.1 Å². The van der Waals surface area contributed by atoms with Gasteiger partial charge in [-0.05, 0) is 24.3 Å². The summed E-state index contributed by atoms with van der Waals surface area (Å²) in [5, 5.41) is 2.58. The molecule has 0 spiro atoms. The molecule has 0 aliphatic carbocycles. The summed E-state index contributed by atoms with van der Waals surface area (Å²) in [6.45, 7) is 0. The van der Waals surface area contributed by atoms with Crippen molar-refractivity contribution in [2.75, 3.05) is 7.05 Å². The van der Waals surface area contributed by atoms with Crippen molar-refractivity contribution < 1.29 is 4.79 Å². The maximum absolute atomic E-state index is 12.9. The van der Waals surface area contributed by atoms with Crippen molar-refractivity contribution in [3.05, 3.63) is 71.0 Å². The molecule has 8 nitrogen and oxygen atoms in total. The van der Waals surface area contributed by atoms with Gasteiger partial charge in [-0.2, -0.15) is 0 Å². The van der Waals surface area contributed by atoms with E-state index in [0.29, 0.717) is 28.2 Å². The maximum atomic E-state index is 12.9. The number of amides is 1. The molecule has 4 aromatic rings. The number of fused-ring (bicyclic) bond motifs is 1. The summed E-state index contributed by atoms with van der Waals surface area (Å²) in [7, 11) is 3.12. The molecule has 4 rings (SSSR count). The lowest BCUT2D eigenvalue weighted by Crippen LogP contribution is -2.22. The second-order valence-corrected chi connectivity index (χ2v) is 5.90. The van der Waals surface area contributed by atoms with Gasteiger partial charge < -0.3 is 5.32 Å². The average molecular weight is 360 g/mol. The number of nitrogens with one attached hydrogen (secondary N) is 1. The van der Waals surface area contributed by atoms with Gasteiger partial charge in [0.25, 0.3) is 5.91 Å². The van der Waals surface area contributed by atoms with Crippen molar-refractivity contribution in [1.29, 1.82) is 0 Å². The molecule has 0 aliphatic heterocycles. The molecule has 0 fully saturated rings. The Morgan fingerprint density at radius 3 is 2.52 bits per heavy atom. The van der Waals surface area contributed by atoms with E-state index in [0.717, 1.165) is 0 Å². The van der Waals surface area contributed by atoms with Crippen LogP contribution in [0.15, 0.2) is 59.7 Å². The Morgan fingerprint density at radius 2 is 1.85 bits per heavy atom. The van der Waals surface area contributed by atoms with E-state index in [-0.39, 0.29) is 11.4 Å². The monoisotopic (exact) mass is 360 g/mol. The maximum Gasteiger partial charge on any atom is 0.334 e. The van der Waals surface area contributed by atoms with Crippen LogP contribution in [0.25, 0.3) is 28.2 Å². The van der Waals surface area contributed by atoms with Crippen molar-refractivity contribution in [2.24, 2.45) is 7.05 Å². The summed E-state index contributed by atoms with van der Waals surface area (Å²) in [6.07, 6.45) is 3.26. The first kappa shape index (κ1) is 16.6. The molecule has 27 heavy (non-hydrogen) atoms. The van der Waals surface area contributed by atoms with Crippen LogP contribution in [0.1, 0.15) is 10.5 Å². The van der Waals surface area contributed by atoms with Crippen molar-refractivity contribution in [2.45, 2.75) is 0 Å². The molecule has 3 heterocycles. The molecule has 0 bridgehead atoms. The van der Waals surface area contributed by atoms with E-state index in [9.17, 15) is 9.59 Å². The first-order valence-electron chi connectivity index (χ1n) is 8.29. The van der Waals surface area contributed by atoms with E-state index >= 15 is 0 Å². The Kier molecular flexibility index (Phi) is 4.00. The third-order valence-corrected chi connectivity index (χ3v) is 4.27. The number of nitrogens with zero attached hydrogens (tertiary/aromatic N) is 5. The van der Waals surface area contributed by atoms with Gasteiger partial charge in [-0.1, -0.05) is 18.2 Å². The highest BCUT2D eigenvalue weighted by Gasteiger charge is 2.23. The number of para-hydroxylation sites is 1. The summed E-state index contributed by atoms with van der Waals surface area (Å²) < 4.78 is 2.86. The first-order chi connectivity index (χ1) is 13.1. The van der Waals surface area contributed by atoms with Gasteiger partial charge in [0, 0.05) is 32.1 Å². The number of aryl methyl sites for hydroxylation is 1. The Balaban J connectivity index is 2.13. The molecule has 8 heteroatoms. The highest BCUT2D eigenvalue weighted by atomic mass is 16.2. The zero-order valence-electron chi connectivity index (χ0n) is 14.7. The molecule has 3 aromatic heterocycles. The van der Waals surface area contributed by atoms with Crippen molar-refractivity contribution in [3.63, 3.8) is 0 Å². The number of hydrogen-bond donors (Lipinski definition) is 1. The van der Waals surface area contributed by atoms with Crippen LogP contribution in [-0.2, 0) is 7.05 Å². The normalized spacial score (nSPS) is 10.9. The van der Waals surface area contributed by atoms with Crippen LogP contribution in [0.3, 0.4) is 0 Å². The van der Waals surface area contributed by atoms with Gasteiger partial charge in [0.15, 0.2) is 17.2 Å². The SMILES string of the molecule is CNC(=O)c1nc(-c2cccnc2)nc2c1n(C)c(=O)n2-c1ccccc1. The minimum Gasteiger partial charge on any atom is -0.354 e. The standard InChI is InChI=1S/C19H16N6O2/c1-20-18(26)14-15-17(23-16(22-14)12-7-6-10-21-11-12)25(19(27)24(15)2)13-8-4-3-5-9-13/h3-11H,1-2H3,(H,20,26). The molecular weight excluding hydrogens is 344 g/mol. The number of aromatic nitrogens is 5. The van der Waals surface area contributed by atoms with Crippen LogP contribution in [-0.4, -0.2) is 37.0 Å². The lowest BCUT2D eigenvalue weighted by atomic mass is 10.2. The van der Waals surface area contributed by atoms with Gasteiger partial charge in [0.1, 0.15) is 5.52 Å². The molecule has 0 saturated carbocycles. The van der Waals surface area contributed by atoms with Crippen molar-refractivity contribution in [1.82, 2.24) is 29.4 Å². The molecule has 0 unspecified atom stereocenters. The number of imidazole rings is 1. The predicted octanol–water partition coefficient (Wildman–Crippen LogP) is 1.54. The Hall–Kier alpha value is -3.81. The summed E-state index contributed by atoms with van der Waals surface area (Å²) in [4.78, 5) is 38.5. The Labute approximate surface area is 154 Å². The van der Waals surface area contributed by atoms with E-state index in [1.165, 1.54) is 16.2 Å². The quantitative estimate of drug-likeness (QED) is 0.598. The van der Waals surface area contributed by atoms with Crippen LogP contribution in [0.2, 0.25) is 0 Å². The number of benzene rings is 1. The smallest absolute Gasteiger partial charge is 0.334 e. The molecule has 1 aromatic carbocycles. The minimum absolute atomic E-state index is 0.135. The second kappa shape index (κ2) is 6.49. The Bertz CT molecular complexity index is 1200. The van der Waals surface area contributed by atoms with Gasteiger partial charge in [0.05, 0.1) is 5.69 Å². The van der Waals surface area contributed by atoms with Gasteiger partial charge >= 0.3 is 5.69 Å². The highest BCUT2D eigenvalue weighted by molar-refractivity contribution is 6.03. The summed E-state index contributed by atoms with van der Waals surface area (Å²) in [5.41, 5.74) is 1.87. The lowest BCUT2D eigenvalue weighted by Gasteiger charge is -2.07. The zero-order chi connectivity index (χ0) is 19.0. The molecule has 1 N–H and O–H groups in total. The largest absolute Gasteiger partial charge is 0.354 e. The fourth-order valence-electron chi connectivity index (χ4n) is 2.95. The van der Waals surface area contributed by atoms with E-state index in [2.05, 4.69) is 20.3 Å². The third-order valence-electron chi connectivity index (χ3n) is 4.27. The van der Waals surface area contributed by atoms with Gasteiger partial charge in [0.2, 0.25) is 0 Å². The molecular formula is C19H16N6O2. The van der Waals surface area contributed by atoms with Gasteiger partial charge in [-0.3, -0.25) is 14.3 Å². The van der Waals surface area contributed by atoms with E-state index < -0.39 is 5.91 Å². The number of carbonyl (C=O) groups is 1. The molecule has 0 aliphatic rings. The molecule has 0 atom stereocenters. The molecule has 134 valence electrons. The molecule has 1 amide bonds. The number of pyridine rings is 1. The highest BCUT2D eigenvalue weighted by Crippen LogP contribution is 2.22. The summed E-state index contributed by atoms with van der Waals surface area (Å²) in [5.74, 6) is -0.0715. The average Bonchev–Trinajstić information content (AvgIpc) is 2.98. The number of rotatable bonds is 3. The number of hydrogen-bond acceptors (Lipinski definition) is 5. The minimum atomic E-state index is -0.395. The predicted molar refractivity (Wildman–Crippen MR) is 101 cm³/mol. The van der Waals surface area contributed by atoms with Crippen molar-refractivity contribution in [3.8, 4) is 17.1 Å². The van der Waals surface area contributed by atoms with Gasteiger partial charge in [-0.25, -0.2) is 19.3 Å². The summed E-state index contributed by atoms with van der Waals surface area (Å²) in [6, 6.07) is 12.7. The van der Waals surface area contributed by atoms with Crippen LogP contribution in [0.5, 0.6) is 0 Å².